The minimum Gasteiger partial charge on any atom is -0.486 e. The largest absolute Gasteiger partial charge is 0.486 e. The van der Waals surface area contributed by atoms with E-state index >= 15 is 0 Å². The number of carbonyl (C=O) groups is 2. The summed E-state index contributed by atoms with van der Waals surface area (Å²) in [5, 5.41) is 8.07. The maximum Gasteiger partial charge on any atom is 0.396 e. The summed E-state index contributed by atoms with van der Waals surface area (Å²) in [6.07, 6.45) is 7.86. The summed E-state index contributed by atoms with van der Waals surface area (Å²) in [6, 6.07) is 11.3. The number of nitrogens with two attached hydrogens (primary N) is 2. The van der Waals surface area contributed by atoms with Crippen molar-refractivity contribution in [1.29, 1.82) is 5.41 Å². The number of amidine groups is 1. The summed E-state index contributed by atoms with van der Waals surface area (Å²) >= 11 is 0. The minimum absolute atomic E-state index is 0.109. The van der Waals surface area contributed by atoms with Crippen LogP contribution in [0.5, 0.6) is 5.75 Å². The number of hydrogen-bond acceptors (Lipinski definition) is 7. The zero-order chi connectivity index (χ0) is 24.9. The molecule has 1 amide bonds. The van der Waals surface area contributed by atoms with Crippen molar-refractivity contribution in [2.75, 3.05) is 25.9 Å². The average molecular weight is 476 g/mol. The van der Waals surface area contributed by atoms with Gasteiger partial charge in [0.25, 0.3) is 0 Å². The van der Waals surface area contributed by atoms with Crippen LogP contribution < -0.4 is 16.2 Å². The van der Waals surface area contributed by atoms with Crippen molar-refractivity contribution in [2.24, 2.45) is 5.73 Å². The van der Waals surface area contributed by atoms with Gasteiger partial charge in [-0.25, -0.2) is 4.79 Å². The van der Waals surface area contributed by atoms with Gasteiger partial charge in [0.15, 0.2) is 0 Å². The third-order valence-electron chi connectivity index (χ3n) is 6.19. The Bertz CT molecular complexity index is 1190. The quantitative estimate of drug-likeness (QED) is 0.261. The summed E-state index contributed by atoms with van der Waals surface area (Å²) in [5.74, 6) is -1.03. The van der Waals surface area contributed by atoms with Crippen LogP contribution >= 0.6 is 0 Å². The lowest BCUT2D eigenvalue weighted by molar-refractivity contribution is -0.158. The summed E-state index contributed by atoms with van der Waals surface area (Å²) in [7, 11) is 1.19. The number of methoxy groups -OCH3 is 1. The van der Waals surface area contributed by atoms with Crippen molar-refractivity contribution in [1.82, 2.24) is 9.88 Å². The number of amides is 1. The summed E-state index contributed by atoms with van der Waals surface area (Å²) < 4.78 is 10.6. The van der Waals surface area contributed by atoms with Gasteiger partial charge < -0.3 is 25.8 Å². The molecule has 0 spiro atoms. The molecule has 1 aromatic heterocycles. The molecule has 1 aliphatic carbocycles. The van der Waals surface area contributed by atoms with E-state index in [0.29, 0.717) is 42.1 Å². The number of para-hydroxylation sites is 1. The molecule has 9 nitrogen and oxygen atoms in total. The van der Waals surface area contributed by atoms with E-state index in [1.54, 1.807) is 6.07 Å². The average Bonchev–Trinajstić information content (AvgIpc) is 2.88. The molecule has 2 aromatic rings. The van der Waals surface area contributed by atoms with Gasteiger partial charge in [-0.2, -0.15) is 0 Å². The van der Waals surface area contributed by atoms with Crippen molar-refractivity contribution in [2.45, 2.75) is 31.3 Å². The number of allylic oxidation sites excluding steroid dienone is 2. The monoisotopic (exact) mass is 475 g/mol. The molecule has 9 heteroatoms. The van der Waals surface area contributed by atoms with Crippen molar-refractivity contribution >= 4 is 29.0 Å². The molecule has 0 saturated carbocycles. The van der Waals surface area contributed by atoms with E-state index in [-0.39, 0.29) is 17.9 Å². The van der Waals surface area contributed by atoms with E-state index < -0.39 is 11.9 Å². The fourth-order valence-corrected chi connectivity index (χ4v) is 4.44. The number of piperidine rings is 1. The number of benzene rings is 1. The van der Waals surface area contributed by atoms with Gasteiger partial charge in [-0.15, -0.1) is 0 Å². The molecule has 1 aliphatic heterocycles. The summed E-state index contributed by atoms with van der Waals surface area (Å²) in [4.78, 5) is 30.4. The number of esters is 1. The van der Waals surface area contributed by atoms with E-state index in [0.717, 1.165) is 24.2 Å². The fraction of sp³-hybridized carbons (Fsp3) is 0.308. The van der Waals surface area contributed by atoms with Crippen molar-refractivity contribution in [3.8, 4) is 5.75 Å². The van der Waals surface area contributed by atoms with Crippen LogP contribution in [0.15, 0.2) is 54.6 Å². The smallest absolute Gasteiger partial charge is 0.396 e. The van der Waals surface area contributed by atoms with Gasteiger partial charge in [-0.3, -0.25) is 15.2 Å². The predicted molar refractivity (Wildman–Crippen MR) is 133 cm³/mol. The predicted octanol–water partition coefficient (Wildman–Crippen LogP) is 2.62. The van der Waals surface area contributed by atoms with Gasteiger partial charge in [0.2, 0.25) is 0 Å². The highest BCUT2D eigenvalue weighted by atomic mass is 16.5. The van der Waals surface area contributed by atoms with Gasteiger partial charge in [0, 0.05) is 36.8 Å². The second-order valence-corrected chi connectivity index (χ2v) is 8.58. The molecule has 5 N–H and O–H groups in total. The maximum atomic E-state index is 12.3. The van der Waals surface area contributed by atoms with Gasteiger partial charge >= 0.3 is 11.9 Å². The maximum absolute atomic E-state index is 12.3. The van der Waals surface area contributed by atoms with E-state index in [1.807, 2.05) is 48.6 Å². The summed E-state index contributed by atoms with van der Waals surface area (Å²) in [5.41, 5.74) is 15.0. The van der Waals surface area contributed by atoms with Crippen molar-refractivity contribution in [3.63, 3.8) is 0 Å². The Morgan fingerprint density at radius 2 is 2.00 bits per heavy atom. The third kappa shape index (κ3) is 5.34. The molecule has 35 heavy (non-hydrogen) atoms. The molecule has 2 unspecified atom stereocenters. The molecule has 182 valence electrons. The Morgan fingerprint density at radius 3 is 2.66 bits per heavy atom. The van der Waals surface area contributed by atoms with Crippen LogP contribution in [0, 0.1) is 5.41 Å². The number of hydrogen-bond donors (Lipinski definition) is 3. The Hall–Kier alpha value is -4.14. The fourth-order valence-electron chi connectivity index (χ4n) is 4.44. The number of nitrogens with one attached hydrogen (secondary N) is 1. The van der Waals surface area contributed by atoms with E-state index in [9.17, 15) is 9.59 Å². The van der Waals surface area contributed by atoms with Crippen LogP contribution in [-0.2, 0) is 14.3 Å². The zero-order valence-corrected chi connectivity index (χ0v) is 19.6. The SMILES string of the molecule is COC(=O)C(=O)N1CCCC(c2cc(N)c(C(=N)N)c(C3=CCC(Oc4ccccc4)C=C3)n2)C1. The number of nitrogens with zero attached hydrogens (tertiary/aromatic N) is 2. The van der Waals surface area contributed by atoms with Crippen molar-refractivity contribution < 1.29 is 19.1 Å². The molecular formula is C26H29N5O4. The number of nitrogen functional groups attached to an aromatic ring is 2. The number of anilines is 1. The highest BCUT2D eigenvalue weighted by Gasteiger charge is 2.31. The van der Waals surface area contributed by atoms with Crippen LogP contribution in [-0.4, -0.2) is 53.9 Å². The molecule has 0 bridgehead atoms. The topological polar surface area (TPSA) is 145 Å². The minimum atomic E-state index is -0.879. The molecule has 1 fully saturated rings. The van der Waals surface area contributed by atoms with Gasteiger partial charge in [-0.05, 0) is 42.7 Å². The first-order valence-corrected chi connectivity index (χ1v) is 11.5. The normalized spacial score (nSPS) is 19.6. The third-order valence-corrected chi connectivity index (χ3v) is 6.19. The van der Waals surface area contributed by atoms with Crippen LogP contribution in [0.1, 0.15) is 42.1 Å². The number of carbonyl (C=O) groups excluding carboxylic acids is 2. The van der Waals surface area contributed by atoms with Gasteiger partial charge in [0.05, 0.1) is 18.4 Å². The molecule has 1 aromatic carbocycles. The van der Waals surface area contributed by atoms with E-state index in [1.165, 1.54) is 12.0 Å². The van der Waals surface area contributed by atoms with Crippen molar-refractivity contribution in [3.05, 3.63) is 71.6 Å². The number of aromatic nitrogens is 1. The van der Waals surface area contributed by atoms with Gasteiger partial charge in [-0.1, -0.05) is 30.4 Å². The molecule has 2 aliphatic rings. The Balaban J connectivity index is 1.59. The van der Waals surface area contributed by atoms with Crippen LogP contribution in [0.2, 0.25) is 0 Å². The molecule has 1 saturated heterocycles. The number of pyridine rings is 1. The van der Waals surface area contributed by atoms with Crippen LogP contribution in [0.4, 0.5) is 5.69 Å². The van der Waals surface area contributed by atoms with Gasteiger partial charge in [0.1, 0.15) is 17.7 Å². The highest BCUT2D eigenvalue weighted by molar-refractivity contribution is 6.32. The Morgan fingerprint density at radius 1 is 1.23 bits per heavy atom. The van der Waals surface area contributed by atoms with E-state index in [2.05, 4.69) is 4.74 Å². The first-order valence-electron chi connectivity index (χ1n) is 11.5. The lowest BCUT2D eigenvalue weighted by Crippen LogP contribution is -2.43. The lowest BCUT2D eigenvalue weighted by atomic mass is 9.91. The molecule has 2 atom stereocenters. The van der Waals surface area contributed by atoms with Crippen LogP contribution in [0.25, 0.3) is 5.57 Å². The molecular weight excluding hydrogens is 446 g/mol. The molecule has 0 radical (unpaired) electrons. The standard InChI is InChI=1S/C26H29N5O4/c1-34-26(33)25(32)31-13-5-6-17(15-31)21-14-20(27)22(24(28)29)23(30-21)16-9-11-19(12-10-16)35-18-7-3-2-4-8-18/h2-4,7-11,14,17,19H,5-6,12-13,15H2,1H3,(H2,27,30)(H3,28,29). The zero-order valence-electron chi connectivity index (χ0n) is 19.6. The number of likely N-dealkylation sites (tertiary alicyclic amines) is 1. The molecule has 2 heterocycles. The second kappa shape index (κ2) is 10.4. The van der Waals surface area contributed by atoms with E-state index in [4.69, 9.17) is 26.6 Å². The first kappa shape index (κ1) is 24.0. The highest BCUT2D eigenvalue weighted by Crippen LogP contribution is 2.33. The first-order chi connectivity index (χ1) is 16.9. The molecule has 4 rings (SSSR count). The van der Waals surface area contributed by atoms with Crippen LogP contribution in [0.3, 0.4) is 0 Å². The summed E-state index contributed by atoms with van der Waals surface area (Å²) in [6.45, 7) is 0.816. The number of rotatable bonds is 5. The Kier molecular flexibility index (Phi) is 7.14. The lowest BCUT2D eigenvalue weighted by Gasteiger charge is -2.32. The second-order valence-electron chi connectivity index (χ2n) is 8.58. The Labute approximate surface area is 203 Å². The number of ether oxygens (including phenoxy) is 2.